The van der Waals surface area contributed by atoms with Crippen LogP contribution in [0.25, 0.3) is 0 Å². The standard InChI is InChI=1S/C16H24ClN3O/c1-12-10-13(17)4-5-15(12)18-14-6-8-20(9-7-14)11-16(21)19(2)3/h4-5,10,14,18H,6-9,11H2,1-3H3. The van der Waals surface area contributed by atoms with Crippen LogP contribution in [0.5, 0.6) is 0 Å². The highest BCUT2D eigenvalue weighted by molar-refractivity contribution is 6.30. The topological polar surface area (TPSA) is 35.6 Å². The molecule has 2 rings (SSSR count). The zero-order valence-electron chi connectivity index (χ0n) is 13.0. The van der Waals surface area contributed by atoms with Crippen molar-refractivity contribution in [1.82, 2.24) is 9.80 Å². The molecule has 0 saturated carbocycles. The van der Waals surface area contributed by atoms with E-state index >= 15 is 0 Å². The molecule has 21 heavy (non-hydrogen) atoms. The van der Waals surface area contributed by atoms with Gasteiger partial charge in [-0.2, -0.15) is 0 Å². The number of nitrogens with one attached hydrogen (secondary N) is 1. The van der Waals surface area contributed by atoms with Crippen LogP contribution in [-0.4, -0.2) is 55.5 Å². The van der Waals surface area contributed by atoms with Crippen molar-refractivity contribution in [3.63, 3.8) is 0 Å². The number of aryl methyl sites for hydroxylation is 1. The van der Waals surface area contributed by atoms with Gasteiger partial charge in [0.15, 0.2) is 0 Å². The number of piperidine rings is 1. The molecule has 0 aromatic heterocycles. The molecule has 0 atom stereocenters. The van der Waals surface area contributed by atoms with E-state index in [-0.39, 0.29) is 5.91 Å². The Morgan fingerprint density at radius 3 is 2.62 bits per heavy atom. The fourth-order valence-electron chi connectivity index (χ4n) is 2.58. The first-order valence-corrected chi connectivity index (χ1v) is 7.78. The molecule has 0 bridgehead atoms. The first kappa shape index (κ1) is 16.1. The summed E-state index contributed by atoms with van der Waals surface area (Å²) in [5.74, 6) is 0.176. The number of benzene rings is 1. The van der Waals surface area contributed by atoms with Gasteiger partial charge in [-0.1, -0.05) is 11.6 Å². The van der Waals surface area contributed by atoms with Gasteiger partial charge in [0, 0.05) is 43.9 Å². The van der Waals surface area contributed by atoms with Crippen molar-refractivity contribution in [2.75, 3.05) is 39.0 Å². The molecule has 0 aliphatic carbocycles. The average molecular weight is 310 g/mol. The number of hydrogen-bond acceptors (Lipinski definition) is 3. The third-order valence-corrected chi connectivity index (χ3v) is 4.23. The number of halogens is 1. The highest BCUT2D eigenvalue weighted by atomic mass is 35.5. The van der Waals surface area contributed by atoms with Crippen LogP contribution in [0, 0.1) is 6.92 Å². The minimum atomic E-state index is 0.176. The Kier molecular flexibility index (Phi) is 5.48. The van der Waals surface area contributed by atoms with Gasteiger partial charge in [-0.15, -0.1) is 0 Å². The Morgan fingerprint density at radius 2 is 2.05 bits per heavy atom. The third kappa shape index (κ3) is 4.61. The molecule has 0 unspecified atom stereocenters. The second kappa shape index (κ2) is 7.14. The van der Waals surface area contributed by atoms with Crippen LogP contribution in [-0.2, 0) is 4.79 Å². The summed E-state index contributed by atoms with van der Waals surface area (Å²) >= 11 is 5.98. The van der Waals surface area contributed by atoms with Crippen LogP contribution in [0.4, 0.5) is 5.69 Å². The van der Waals surface area contributed by atoms with E-state index in [1.165, 1.54) is 5.56 Å². The molecule has 1 aromatic carbocycles. The van der Waals surface area contributed by atoms with Crippen LogP contribution in [0.2, 0.25) is 5.02 Å². The van der Waals surface area contributed by atoms with Crippen molar-refractivity contribution >= 4 is 23.2 Å². The van der Waals surface area contributed by atoms with E-state index < -0.39 is 0 Å². The summed E-state index contributed by atoms with van der Waals surface area (Å²) in [6, 6.07) is 6.41. The summed E-state index contributed by atoms with van der Waals surface area (Å²) < 4.78 is 0. The SMILES string of the molecule is Cc1cc(Cl)ccc1NC1CCN(CC(=O)N(C)C)CC1. The van der Waals surface area contributed by atoms with E-state index in [4.69, 9.17) is 11.6 Å². The Balaban J connectivity index is 1.83. The van der Waals surface area contributed by atoms with E-state index in [0.29, 0.717) is 12.6 Å². The van der Waals surface area contributed by atoms with Gasteiger partial charge in [-0.25, -0.2) is 0 Å². The van der Waals surface area contributed by atoms with E-state index in [9.17, 15) is 4.79 Å². The Labute approximate surface area is 132 Å². The smallest absolute Gasteiger partial charge is 0.236 e. The average Bonchev–Trinajstić information content (AvgIpc) is 2.43. The van der Waals surface area contributed by atoms with Crippen LogP contribution in [0.15, 0.2) is 18.2 Å². The van der Waals surface area contributed by atoms with Crippen LogP contribution in [0.3, 0.4) is 0 Å². The van der Waals surface area contributed by atoms with Crippen molar-refractivity contribution < 1.29 is 4.79 Å². The number of likely N-dealkylation sites (tertiary alicyclic amines) is 1. The lowest BCUT2D eigenvalue weighted by Gasteiger charge is -2.33. The van der Waals surface area contributed by atoms with Crippen molar-refractivity contribution in [1.29, 1.82) is 0 Å². The molecule has 0 radical (unpaired) electrons. The third-order valence-electron chi connectivity index (χ3n) is 3.99. The summed E-state index contributed by atoms with van der Waals surface area (Å²) in [5.41, 5.74) is 2.33. The van der Waals surface area contributed by atoms with Crippen LogP contribution in [0.1, 0.15) is 18.4 Å². The van der Waals surface area contributed by atoms with E-state index in [1.807, 2.05) is 18.2 Å². The minimum absolute atomic E-state index is 0.176. The van der Waals surface area contributed by atoms with E-state index in [1.54, 1.807) is 19.0 Å². The number of hydrogen-bond donors (Lipinski definition) is 1. The molecule has 1 aliphatic heterocycles. The number of likely N-dealkylation sites (N-methyl/N-ethyl adjacent to an activating group) is 1. The minimum Gasteiger partial charge on any atom is -0.382 e. The van der Waals surface area contributed by atoms with Crippen molar-refractivity contribution in [2.45, 2.75) is 25.8 Å². The van der Waals surface area contributed by atoms with Crippen molar-refractivity contribution in [3.05, 3.63) is 28.8 Å². The van der Waals surface area contributed by atoms with Crippen LogP contribution < -0.4 is 5.32 Å². The van der Waals surface area contributed by atoms with Gasteiger partial charge in [0.05, 0.1) is 6.54 Å². The largest absolute Gasteiger partial charge is 0.382 e. The molecule has 0 spiro atoms. The summed E-state index contributed by atoms with van der Waals surface area (Å²) in [5, 5.41) is 4.37. The molecule has 4 nitrogen and oxygen atoms in total. The van der Waals surface area contributed by atoms with Gasteiger partial charge in [-0.05, 0) is 43.5 Å². The first-order chi connectivity index (χ1) is 9.95. The molecule has 1 heterocycles. The molecule has 5 heteroatoms. The molecule has 1 saturated heterocycles. The van der Waals surface area contributed by atoms with Gasteiger partial charge >= 0.3 is 0 Å². The van der Waals surface area contributed by atoms with Crippen LogP contribution >= 0.6 is 11.6 Å². The summed E-state index contributed by atoms with van der Waals surface area (Å²) in [4.78, 5) is 15.6. The number of rotatable bonds is 4. The molecule has 1 aromatic rings. The maximum Gasteiger partial charge on any atom is 0.236 e. The monoisotopic (exact) mass is 309 g/mol. The van der Waals surface area contributed by atoms with Gasteiger partial charge in [-0.3, -0.25) is 9.69 Å². The van der Waals surface area contributed by atoms with Gasteiger partial charge in [0.1, 0.15) is 0 Å². The fraction of sp³-hybridized carbons (Fsp3) is 0.562. The number of anilines is 1. The predicted octanol–water partition coefficient (Wildman–Crippen LogP) is 2.61. The maximum absolute atomic E-state index is 11.7. The molecular formula is C16H24ClN3O. The lowest BCUT2D eigenvalue weighted by atomic mass is 10.0. The van der Waals surface area contributed by atoms with E-state index in [0.717, 1.165) is 36.6 Å². The van der Waals surface area contributed by atoms with Gasteiger partial charge in [0.25, 0.3) is 0 Å². The number of nitrogens with zero attached hydrogens (tertiary/aromatic N) is 2. The lowest BCUT2D eigenvalue weighted by molar-refractivity contribution is -0.130. The number of carbonyl (C=O) groups is 1. The van der Waals surface area contributed by atoms with Gasteiger partial charge in [0.2, 0.25) is 5.91 Å². The van der Waals surface area contributed by atoms with Crippen molar-refractivity contribution in [3.8, 4) is 0 Å². The summed E-state index contributed by atoms with van der Waals surface area (Å²) in [7, 11) is 3.61. The highest BCUT2D eigenvalue weighted by Crippen LogP contribution is 2.22. The molecule has 1 aliphatic rings. The van der Waals surface area contributed by atoms with E-state index in [2.05, 4.69) is 17.1 Å². The fourth-order valence-corrected chi connectivity index (χ4v) is 2.80. The normalized spacial score (nSPS) is 16.8. The predicted molar refractivity (Wildman–Crippen MR) is 88.0 cm³/mol. The Hall–Kier alpha value is -1.26. The zero-order chi connectivity index (χ0) is 15.4. The first-order valence-electron chi connectivity index (χ1n) is 7.41. The Morgan fingerprint density at radius 1 is 1.38 bits per heavy atom. The number of carbonyl (C=O) groups excluding carboxylic acids is 1. The second-order valence-corrected chi connectivity index (χ2v) is 6.38. The quantitative estimate of drug-likeness (QED) is 0.928. The Bertz CT molecular complexity index is 496. The van der Waals surface area contributed by atoms with Gasteiger partial charge < -0.3 is 10.2 Å². The number of amides is 1. The second-order valence-electron chi connectivity index (χ2n) is 5.94. The molecule has 1 N–H and O–H groups in total. The van der Waals surface area contributed by atoms with Crippen molar-refractivity contribution in [2.24, 2.45) is 0 Å². The maximum atomic E-state index is 11.7. The summed E-state index contributed by atoms with van der Waals surface area (Å²) in [6.45, 7) is 4.52. The molecular weight excluding hydrogens is 286 g/mol. The zero-order valence-corrected chi connectivity index (χ0v) is 13.8. The summed E-state index contributed by atoms with van der Waals surface area (Å²) in [6.07, 6.45) is 2.12. The lowest BCUT2D eigenvalue weighted by Crippen LogP contribution is -2.43. The molecule has 1 amide bonds. The molecule has 116 valence electrons. The molecule has 1 fully saturated rings. The highest BCUT2D eigenvalue weighted by Gasteiger charge is 2.21.